The van der Waals surface area contributed by atoms with Crippen LogP contribution in [-0.4, -0.2) is 31.6 Å². The van der Waals surface area contributed by atoms with E-state index in [0.29, 0.717) is 29.4 Å². The van der Waals surface area contributed by atoms with Gasteiger partial charge in [0.1, 0.15) is 5.76 Å². The Kier molecular flexibility index (Phi) is 4.82. The van der Waals surface area contributed by atoms with Crippen molar-refractivity contribution in [1.82, 2.24) is 4.90 Å². The third kappa shape index (κ3) is 3.03. The van der Waals surface area contributed by atoms with Gasteiger partial charge in [0, 0.05) is 6.54 Å². The normalized spacial score (nSPS) is 15.8. The van der Waals surface area contributed by atoms with Crippen LogP contribution < -0.4 is 9.47 Å². The number of rotatable bonds is 4. The number of benzene rings is 2. The van der Waals surface area contributed by atoms with Gasteiger partial charge in [-0.2, -0.15) is 0 Å². The average Bonchev–Trinajstić information content (AvgIpc) is 3.17. The number of furan rings is 1. The Morgan fingerprint density at radius 2 is 1.79 bits per heavy atom. The van der Waals surface area contributed by atoms with Crippen molar-refractivity contribution >= 4 is 5.91 Å². The smallest absolute Gasteiger partial charge is 0.258 e. The number of fused-ring (bicyclic) bond motifs is 1. The minimum absolute atomic E-state index is 0.0273. The molecule has 4 rings (SSSR count). The maximum Gasteiger partial charge on any atom is 0.258 e. The van der Waals surface area contributed by atoms with Gasteiger partial charge in [0.2, 0.25) is 0 Å². The molecule has 0 bridgehead atoms. The van der Waals surface area contributed by atoms with Gasteiger partial charge in [0.15, 0.2) is 11.5 Å². The number of hydrogen-bond donors (Lipinski definition) is 0. The summed E-state index contributed by atoms with van der Waals surface area (Å²) in [4.78, 5) is 15.3. The number of amides is 1. The third-order valence-electron chi connectivity index (χ3n) is 5.34. The van der Waals surface area contributed by atoms with Crippen molar-refractivity contribution < 1.29 is 18.7 Å². The van der Waals surface area contributed by atoms with Crippen LogP contribution in [0.15, 0.2) is 59.2 Å². The molecule has 1 aliphatic heterocycles. The van der Waals surface area contributed by atoms with Crippen LogP contribution in [0.25, 0.3) is 0 Å². The fourth-order valence-corrected chi connectivity index (χ4v) is 3.92. The summed E-state index contributed by atoms with van der Waals surface area (Å²) >= 11 is 0. The van der Waals surface area contributed by atoms with Crippen molar-refractivity contribution in [3.8, 4) is 11.5 Å². The van der Waals surface area contributed by atoms with Gasteiger partial charge in [-0.1, -0.05) is 30.3 Å². The second kappa shape index (κ2) is 7.43. The van der Waals surface area contributed by atoms with Crippen LogP contribution in [0.5, 0.6) is 11.5 Å². The Balaban J connectivity index is 1.86. The molecule has 0 aliphatic carbocycles. The summed E-state index contributed by atoms with van der Waals surface area (Å²) in [6, 6.07) is 15.6. The van der Waals surface area contributed by atoms with E-state index < -0.39 is 0 Å². The van der Waals surface area contributed by atoms with Crippen LogP contribution >= 0.6 is 0 Å². The van der Waals surface area contributed by atoms with Gasteiger partial charge >= 0.3 is 0 Å². The SMILES string of the molecule is COc1cc2c(cc1OC)C(c1ccccc1)N(C(=O)c1ccoc1C)CC2. The molecule has 0 spiro atoms. The fourth-order valence-electron chi connectivity index (χ4n) is 3.92. The lowest BCUT2D eigenvalue weighted by molar-refractivity contribution is 0.0692. The highest BCUT2D eigenvalue weighted by Crippen LogP contribution is 2.41. The van der Waals surface area contributed by atoms with E-state index in [2.05, 4.69) is 12.1 Å². The molecule has 1 unspecified atom stereocenters. The monoisotopic (exact) mass is 377 g/mol. The Bertz CT molecular complexity index is 993. The van der Waals surface area contributed by atoms with Crippen LogP contribution in [0.2, 0.25) is 0 Å². The van der Waals surface area contributed by atoms with Gasteiger partial charge in [-0.25, -0.2) is 0 Å². The Morgan fingerprint density at radius 3 is 2.43 bits per heavy atom. The number of nitrogens with zero attached hydrogens (tertiary/aromatic N) is 1. The maximum absolute atomic E-state index is 13.4. The Morgan fingerprint density at radius 1 is 1.07 bits per heavy atom. The molecule has 1 aromatic heterocycles. The van der Waals surface area contributed by atoms with Crippen molar-refractivity contribution in [1.29, 1.82) is 0 Å². The van der Waals surface area contributed by atoms with E-state index in [-0.39, 0.29) is 11.9 Å². The Hall–Kier alpha value is -3.21. The summed E-state index contributed by atoms with van der Waals surface area (Å²) in [5, 5.41) is 0. The minimum atomic E-state index is -0.202. The maximum atomic E-state index is 13.4. The molecule has 0 saturated heterocycles. The highest BCUT2D eigenvalue weighted by molar-refractivity contribution is 5.95. The first-order chi connectivity index (χ1) is 13.6. The predicted octanol–water partition coefficient (Wildman–Crippen LogP) is 4.39. The molecule has 1 atom stereocenters. The first-order valence-electron chi connectivity index (χ1n) is 9.29. The summed E-state index contributed by atoms with van der Waals surface area (Å²) < 4.78 is 16.4. The van der Waals surface area contributed by atoms with E-state index in [1.807, 2.05) is 42.2 Å². The quantitative estimate of drug-likeness (QED) is 0.677. The highest BCUT2D eigenvalue weighted by atomic mass is 16.5. The zero-order valence-corrected chi connectivity index (χ0v) is 16.3. The lowest BCUT2D eigenvalue weighted by Gasteiger charge is -2.38. The first-order valence-corrected chi connectivity index (χ1v) is 9.29. The fraction of sp³-hybridized carbons (Fsp3) is 0.261. The topological polar surface area (TPSA) is 51.9 Å². The van der Waals surface area contributed by atoms with Gasteiger partial charge < -0.3 is 18.8 Å². The van der Waals surface area contributed by atoms with Crippen molar-refractivity contribution in [2.24, 2.45) is 0 Å². The zero-order chi connectivity index (χ0) is 19.7. The van der Waals surface area contributed by atoms with Crippen LogP contribution in [0.1, 0.15) is 38.9 Å². The molecule has 0 N–H and O–H groups in total. The van der Waals surface area contributed by atoms with Crippen molar-refractivity contribution in [3.05, 3.63) is 82.8 Å². The molecule has 0 saturated carbocycles. The summed E-state index contributed by atoms with van der Waals surface area (Å²) in [5.74, 6) is 1.98. The van der Waals surface area contributed by atoms with Crippen LogP contribution in [-0.2, 0) is 6.42 Å². The average molecular weight is 377 g/mol. The number of aryl methyl sites for hydroxylation is 1. The number of carbonyl (C=O) groups is 1. The lowest BCUT2D eigenvalue weighted by Crippen LogP contribution is -2.40. The number of ether oxygens (including phenoxy) is 2. The second-order valence-corrected chi connectivity index (χ2v) is 6.86. The summed E-state index contributed by atoms with van der Waals surface area (Å²) in [7, 11) is 3.27. The molecule has 2 aromatic carbocycles. The largest absolute Gasteiger partial charge is 0.493 e. The van der Waals surface area contributed by atoms with E-state index in [1.165, 1.54) is 5.56 Å². The van der Waals surface area contributed by atoms with Gasteiger partial charge in [-0.15, -0.1) is 0 Å². The molecule has 1 aliphatic rings. The van der Waals surface area contributed by atoms with Crippen LogP contribution in [0.3, 0.4) is 0 Å². The van der Waals surface area contributed by atoms with E-state index in [9.17, 15) is 4.79 Å². The Labute approximate surface area is 164 Å². The predicted molar refractivity (Wildman–Crippen MR) is 106 cm³/mol. The molecule has 1 amide bonds. The van der Waals surface area contributed by atoms with E-state index in [0.717, 1.165) is 17.5 Å². The molecule has 144 valence electrons. The molecule has 5 nitrogen and oxygen atoms in total. The van der Waals surface area contributed by atoms with Crippen molar-refractivity contribution in [3.63, 3.8) is 0 Å². The van der Waals surface area contributed by atoms with Crippen LogP contribution in [0, 0.1) is 6.92 Å². The van der Waals surface area contributed by atoms with Gasteiger partial charge in [0.25, 0.3) is 5.91 Å². The molecule has 0 fully saturated rings. The minimum Gasteiger partial charge on any atom is -0.493 e. The number of hydrogen-bond acceptors (Lipinski definition) is 4. The van der Waals surface area contributed by atoms with Gasteiger partial charge in [0.05, 0.1) is 32.1 Å². The molecule has 3 aromatic rings. The van der Waals surface area contributed by atoms with Crippen molar-refractivity contribution in [2.45, 2.75) is 19.4 Å². The van der Waals surface area contributed by atoms with E-state index in [1.54, 1.807) is 26.5 Å². The van der Waals surface area contributed by atoms with E-state index >= 15 is 0 Å². The van der Waals surface area contributed by atoms with Crippen molar-refractivity contribution in [2.75, 3.05) is 20.8 Å². The molecule has 0 radical (unpaired) electrons. The van der Waals surface area contributed by atoms with E-state index in [4.69, 9.17) is 13.9 Å². The van der Waals surface area contributed by atoms with Gasteiger partial charge in [-0.3, -0.25) is 4.79 Å². The second-order valence-electron chi connectivity index (χ2n) is 6.86. The van der Waals surface area contributed by atoms with Crippen LogP contribution in [0.4, 0.5) is 0 Å². The molecule has 2 heterocycles. The van der Waals surface area contributed by atoms with Gasteiger partial charge in [-0.05, 0) is 48.2 Å². The third-order valence-corrected chi connectivity index (χ3v) is 5.34. The molecule has 5 heteroatoms. The highest BCUT2D eigenvalue weighted by Gasteiger charge is 2.34. The molecular weight excluding hydrogens is 354 g/mol. The summed E-state index contributed by atoms with van der Waals surface area (Å²) in [6.45, 7) is 2.43. The molecule has 28 heavy (non-hydrogen) atoms. The summed E-state index contributed by atoms with van der Waals surface area (Å²) in [6.07, 6.45) is 2.31. The standard InChI is InChI=1S/C23H23NO4/c1-15-18(10-12-28-15)23(25)24-11-9-17-13-20(26-2)21(27-3)14-19(17)22(24)16-7-5-4-6-8-16/h4-8,10,12-14,22H,9,11H2,1-3H3. The first kappa shape index (κ1) is 18.2. The number of methoxy groups -OCH3 is 2. The molecular formula is C23H23NO4. The number of carbonyl (C=O) groups excluding carboxylic acids is 1. The lowest BCUT2D eigenvalue weighted by atomic mass is 9.87. The summed E-state index contributed by atoms with van der Waals surface area (Å²) in [5.41, 5.74) is 3.89. The zero-order valence-electron chi connectivity index (χ0n) is 16.3.